The Bertz CT molecular complexity index is 2910. The summed E-state index contributed by atoms with van der Waals surface area (Å²) in [6.45, 7) is 29.0. The van der Waals surface area contributed by atoms with Crippen LogP contribution in [0.3, 0.4) is 0 Å². The van der Waals surface area contributed by atoms with Gasteiger partial charge in [-0.2, -0.15) is 0 Å². The number of rotatable bonds is 4. The molecule has 9 rings (SSSR count). The van der Waals surface area contributed by atoms with Crippen LogP contribution in [-0.4, -0.2) is 13.0 Å². The van der Waals surface area contributed by atoms with E-state index in [1.807, 2.05) is 7.05 Å². The summed E-state index contributed by atoms with van der Waals surface area (Å²) in [6, 6.07) is 55.7. The van der Waals surface area contributed by atoms with Gasteiger partial charge >= 0.3 is 0 Å². The minimum absolute atomic E-state index is 0.0391. The lowest BCUT2D eigenvalue weighted by Gasteiger charge is -2.26. The maximum Gasteiger partial charge on any atom is 0.191 e. The van der Waals surface area contributed by atoms with Crippen LogP contribution >= 0.6 is 0 Å². The van der Waals surface area contributed by atoms with E-state index < -0.39 is 0 Å². The van der Waals surface area contributed by atoms with Gasteiger partial charge in [-0.05, 0) is 144 Å². The summed E-state index contributed by atoms with van der Waals surface area (Å²) in [4.78, 5) is 4.75. The Morgan fingerprint density at radius 1 is 0.358 bits per heavy atom. The monoisotopic (exact) mass is 880 g/mol. The number of hydrogen-bond acceptors (Lipinski definition) is 1. The summed E-state index contributed by atoms with van der Waals surface area (Å²) in [5.74, 6) is 0.782. The zero-order valence-electron chi connectivity index (χ0n) is 42.2. The molecule has 0 radical (unpaired) electrons. The van der Waals surface area contributed by atoms with Gasteiger partial charge in [-0.1, -0.05) is 217 Å². The highest BCUT2D eigenvalue weighted by Gasteiger charge is 2.27. The summed E-state index contributed by atoms with van der Waals surface area (Å²) in [5.41, 5.74) is 20.5. The molecule has 0 fully saturated rings. The number of nitrogens with zero attached hydrogens (tertiary/aromatic N) is 1. The maximum atomic E-state index is 4.75. The molecule has 0 bridgehead atoms. The van der Waals surface area contributed by atoms with Crippen LogP contribution < -0.4 is 10.6 Å². The molecule has 1 aliphatic heterocycles. The van der Waals surface area contributed by atoms with Crippen molar-refractivity contribution in [3.05, 3.63) is 179 Å². The van der Waals surface area contributed by atoms with Crippen LogP contribution in [0.25, 0.3) is 77.2 Å². The maximum absolute atomic E-state index is 4.75. The molecule has 340 valence electrons. The molecular weight excluding hydrogens is 811 g/mol. The molecule has 0 spiro atoms. The van der Waals surface area contributed by atoms with Crippen molar-refractivity contribution < 1.29 is 0 Å². The molecule has 0 aliphatic carbocycles. The van der Waals surface area contributed by atoms with Gasteiger partial charge in [0.2, 0.25) is 0 Å². The van der Waals surface area contributed by atoms with Gasteiger partial charge in [-0.3, -0.25) is 4.99 Å². The first-order chi connectivity index (χ1) is 31.7. The molecule has 8 aromatic rings. The van der Waals surface area contributed by atoms with Gasteiger partial charge in [0, 0.05) is 20.1 Å². The predicted molar refractivity (Wildman–Crippen MR) is 290 cm³/mol. The van der Waals surface area contributed by atoms with E-state index >= 15 is 0 Å². The van der Waals surface area contributed by atoms with Crippen LogP contribution in [0.5, 0.6) is 0 Å². The van der Waals surface area contributed by atoms with Crippen molar-refractivity contribution in [2.45, 2.75) is 118 Å². The molecule has 0 atom stereocenters. The number of nitrogens with one attached hydrogen (secondary N) is 2. The van der Waals surface area contributed by atoms with Gasteiger partial charge in [0.05, 0.1) is 0 Å². The molecule has 3 heteroatoms. The molecule has 0 amide bonds. The zero-order chi connectivity index (χ0) is 47.6. The fourth-order valence-electron chi connectivity index (χ4n) is 9.80. The van der Waals surface area contributed by atoms with E-state index in [1.165, 1.54) is 111 Å². The van der Waals surface area contributed by atoms with Crippen LogP contribution in [0, 0.1) is 0 Å². The van der Waals surface area contributed by atoms with E-state index in [9.17, 15) is 0 Å². The van der Waals surface area contributed by atoms with Gasteiger partial charge in [-0.25, -0.2) is 0 Å². The van der Waals surface area contributed by atoms with Gasteiger partial charge in [0.1, 0.15) is 0 Å². The van der Waals surface area contributed by atoms with Crippen molar-refractivity contribution in [3.63, 3.8) is 0 Å². The van der Waals surface area contributed by atoms with Crippen LogP contribution in [0.1, 0.15) is 116 Å². The third-order valence-electron chi connectivity index (χ3n) is 14.0. The average molecular weight is 880 g/mol. The van der Waals surface area contributed by atoms with E-state index in [0.717, 1.165) is 5.96 Å². The van der Waals surface area contributed by atoms with Crippen molar-refractivity contribution in [2.75, 3.05) is 7.05 Å². The second-order valence-electron chi connectivity index (χ2n) is 23.0. The fourth-order valence-corrected chi connectivity index (χ4v) is 9.80. The molecule has 0 saturated carbocycles. The van der Waals surface area contributed by atoms with Crippen LogP contribution in [-0.2, 0) is 34.7 Å². The molecule has 0 unspecified atom stereocenters. The summed E-state index contributed by atoms with van der Waals surface area (Å²) in [5, 5.41) is 12.5. The third-order valence-corrected chi connectivity index (χ3v) is 14.0. The topological polar surface area (TPSA) is 36.4 Å². The SMILES string of the molecule is CN=C1NCc2c(-c3ccc(-c4cc(C(C)(C)C)cc(C(C)(C)C)c4)cc3)cc3ccccc3c2-c2c(c(-c3ccc(-c4cc(C(C)(C)C)cc(C(C)(C)C)c4)cc3)cc3ccccc23)CN1. The van der Waals surface area contributed by atoms with E-state index in [1.54, 1.807) is 0 Å². The molecule has 3 nitrogen and oxygen atoms in total. The Kier molecular flexibility index (Phi) is 11.6. The van der Waals surface area contributed by atoms with Crippen molar-refractivity contribution in [2.24, 2.45) is 4.99 Å². The summed E-state index contributed by atoms with van der Waals surface area (Å²) in [7, 11) is 1.87. The second kappa shape index (κ2) is 17.0. The van der Waals surface area contributed by atoms with Gasteiger partial charge < -0.3 is 10.6 Å². The summed E-state index contributed by atoms with van der Waals surface area (Å²) >= 11 is 0. The highest BCUT2D eigenvalue weighted by Crippen LogP contribution is 2.47. The quantitative estimate of drug-likeness (QED) is 0.185. The lowest BCUT2D eigenvalue weighted by Crippen LogP contribution is -2.36. The van der Waals surface area contributed by atoms with Crippen molar-refractivity contribution in [1.82, 2.24) is 10.6 Å². The molecule has 0 aromatic heterocycles. The van der Waals surface area contributed by atoms with Crippen LogP contribution in [0.15, 0.2) is 151 Å². The van der Waals surface area contributed by atoms with Crippen molar-refractivity contribution in [3.8, 4) is 55.6 Å². The molecule has 2 N–H and O–H groups in total. The van der Waals surface area contributed by atoms with E-state index in [-0.39, 0.29) is 21.7 Å². The molecule has 1 aliphatic rings. The number of hydrogen-bond donors (Lipinski definition) is 2. The summed E-state index contributed by atoms with van der Waals surface area (Å²) < 4.78 is 0. The van der Waals surface area contributed by atoms with Gasteiger partial charge in [0.15, 0.2) is 5.96 Å². The first-order valence-corrected chi connectivity index (χ1v) is 24.3. The highest BCUT2D eigenvalue weighted by molar-refractivity contribution is 6.12. The Hall–Kier alpha value is -6.45. The smallest absolute Gasteiger partial charge is 0.191 e. The summed E-state index contributed by atoms with van der Waals surface area (Å²) in [6.07, 6.45) is 0. The number of aliphatic imine (C=N–C) groups is 1. The Labute approximate surface area is 400 Å². The molecule has 8 aromatic carbocycles. The molecule has 1 heterocycles. The predicted octanol–water partition coefficient (Wildman–Crippen LogP) is 16.7. The minimum Gasteiger partial charge on any atom is -0.352 e. The van der Waals surface area contributed by atoms with Gasteiger partial charge in [0.25, 0.3) is 0 Å². The standard InChI is InChI=1S/C64H69N3/c1-61(2,3)48-30-46(31-49(36-48)62(4,5)6)40-22-26-42(27-23-40)54-34-44-18-14-16-20-52(44)58-56(54)38-66-60(65-13)67-39-57-55(35-45-19-15-17-21-53(45)59(57)58)43-28-24-41(25-29-43)47-32-50(63(7,8)9)37-51(33-47)64(10,11)12/h14-37H,38-39H2,1-13H3,(H2,65,66,67). The van der Waals surface area contributed by atoms with E-state index in [0.29, 0.717) is 13.1 Å². The minimum atomic E-state index is 0.0391. The van der Waals surface area contributed by atoms with Crippen molar-refractivity contribution >= 4 is 27.5 Å². The molecule has 0 saturated heterocycles. The molecular formula is C64H69N3. The second-order valence-corrected chi connectivity index (χ2v) is 23.0. The normalized spacial score (nSPS) is 13.5. The van der Waals surface area contributed by atoms with E-state index in [2.05, 4.69) is 239 Å². The lowest BCUT2D eigenvalue weighted by atomic mass is 9.78. The van der Waals surface area contributed by atoms with Crippen molar-refractivity contribution in [1.29, 1.82) is 0 Å². The molecule has 67 heavy (non-hydrogen) atoms. The lowest BCUT2D eigenvalue weighted by molar-refractivity contribution is 0.568. The Morgan fingerprint density at radius 2 is 0.672 bits per heavy atom. The first-order valence-electron chi connectivity index (χ1n) is 24.3. The average Bonchev–Trinajstić information content (AvgIpc) is 3.38. The van der Waals surface area contributed by atoms with Gasteiger partial charge in [-0.15, -0.1) is 0 Å². The zero-order valence-corrected chi connectivity index (χ0v) is 42.2. The fraction of sp³-hybridized carbons (Fsp3) is 0.297. The Balaban J connectivity index is 1.25. The third kappa shape index (κ3) is 9.06. The highest BCUT2D eigenvalue weighted by atomic mass is 15.2. The van der Waals surface area contributed by atoms with Crippen LogP contribution in [0.4, 0.5) is 0 Å². The van der Waals surface area contributed by atoms with Crippen LogP contribution in [0.2, 0.25) is 0 Å². The largest absolute Gasteiger partial charge is 0.352 e. The Morgan fingerprint density at radius 3 is 0.985 bits per heavy atom. The first kappa shape index (κ1) is 45.7. The number of guanidine groups is 1. The number of benzene rings is 8. The van der Waals surface area contributed by atoms with E-state index in [4.69, 9.17) is 4.99 Å². The number of fused-ring (bicyclic) bond motifs is 7.